The molecule has 0 spiro atoms. The minimum Gasteiger partial charge on any atom is -0.495 e. The van der Waals surface area contributed by atoms with Crippen LogP contribution in [0.5, 0.6) is 5.75 Å². The second-order valence-electron chi connectivity index (χ2n) is 39.2. The van der Waals surface area contributed by atoms with Gasteiger partial charge < -0.3 is 4.74 Å². The highest BCUT2D eigenvalue weighted by atomic mass is 35.5. The molecule has 0 unspecified atom stereocenters. The van der Waals surface area contributed by atoms with E-state index in [9.17, 15) is 0 Å². The number of ether oxygens (including phenoxy) is 1. The summed E-state index contributed by atoms with van der Waals surface area (Å²) in [7, 11) is 1.84. The molecular formula is C113H129ClO. The van der Waals surface area contributed by atoms with Crippen molar-refractivity contribution in [1.29, 1.82) is 0 Å². The summed E-state index contributed by atoms with van der Waals surface area (Å²) in [5.74, 6) is 0.839. The minimum atomic E-state index is -0.129. The lowest BCUT2D eigenvalue weighted by molar-refractivity contribution is 0.424. The predicted octanol–water partition coefficient (Wildman–Crippen LogP) is 33.9. The van der Waals surface area contributed by atoms with Gasteiger partial charge in [-0.25, -0.2) is 0 Å². The van der Waals surface area contributed by atoms with Crippen LogP contribution in [0.1, 0.15) is 243 Å². The first-order valence-electron chi connectivity index (χ1n) is 42.6. The van der Waals surface area contributed by atoms with Crippen molar-refractivity contribution in [3.63, 3.8) is 0 Å². The molecule has 0 N–H and O–H groups in total. The van der Waals surface area contributed by atoms with Crippen LogP contribution in [0.2, 0.25) is 5.02 Å². The average Bonchev–Trinajstić information content (AvgIpc) is 0.724. The average molecular weight is 1540 g/mol. The normalized spacial score (nSPS) is 12.4. The first kappa shape index (κ1) is 83.7. The first-order valence-corrected chi connectivity index (χ1v) is 43.0. The van der Waals surface area contributed by atoms with Gasteiger partial charge in [-0.2, -0.15) is 0 Å². The first-order chi connectivity index (χ1) is 53.8. The Morgan fingerprint density at radius 3 is 0.609 bits per heavy atom. The molecule has 1 nitrogen and oxygen atoms in total. The topological polar surface area (TPSA) is 9.23 Å². The molecule has 0 amide bonds. The lowest BCUT2D eigenvalue weighted by atomic mass is 9.82. The summed E-state index contributed by atoms with van der Waals surface area (Å²) < 4.78 is 6.78. The van der Waals surface area contributed by atoms with E-state index in [1.807, 2.05) is 7.11 Å². The van der Waals surface area contributed by atoms with Crippen molar-refractivity contribution in [3.05, 3.63) is 272 Å². The van der Waals surface area contributed by atoms with Gasteiger partial charge in [-0.3, -0.25) is 0 Å². The van der Waals surface area contributed by atoms with Crippen molar-refractivity contribution in [2.45, 2.75) is 269 Å². The predicted molar refractivity (Wildman–Crippen MR) is 515 cm³/mol. The highest BCUT2D eigenvalue weighted by Crippen LogP contribution is 2.47. The summed E-state index contributed by atoms with van der Waals surface area (Å²) in [5.41, 5.74) is 30.2. The van der Waals surface area contributed by atoms with Gasteiger partial charge in [-0.05, 0) is 441 Å². The maximum atomic E-state index is 7.72. The lowest BCUT2D eigenvalue weighted by Gasteiger charge is -2.22. The van der Waals surface area contributed by atoms with E-state index in [1.54, 1.807) is 0 Å². The molecule has 594 valence electrons. The smallest absolute Gasteiger partial charge is 0.135 e. The Morgan fingerprint density at radius 1 is 0.226 bits per heavy atom. The van der Waals surface area contributed by atoms with E-state index in [2.05, 4.69) is 355 Å². The molecule has 0 aromatic heterocycles. The molecule has 22 aromatic carbocycles. The van der Waals surface area contributed by atoms with Crippen LogP contribution in [0.3, 0.4) is 0 Å². The van der Waals surface area contributed by atoms with Crippen molar-refractivity contribution >= 4 is 141 Å². The van der Waals surface area contributed by atoms with Crippen LogP contribution in [0, 0.1) is 125 Å². The van der Waals surface area contributed by atoms with Gasteiger partial charge in [0.25, 0.3) is 0 Å². The molecule has 0 saturated carbocycles. The van der Waals surface area contributed by atoms with E-state index in [1.165, 1.54) is 230 Å². The van der Waals surface area contributed by atoms with Crippen molar-refractivity contribution < 1.29 is 4.74 Å². The fraction of sp³-hybridized carbons (Fsp3) is 0.363. The minimum absolute atomic E-state index is 0.108. The van der Waals surface area contributed by atoms with E-state index in [0.717, 1.165) is 69.1 Å². The summed E-state index contributed by atoms with van der Waals surface area (Å²) in [4.78, 5) is 0. The van der Waals surface area contributed by atoms with Gasteiger partial charge in [0.15, 0.2) is 0 Å². The molecule has 22 rings (SSSR count). The molecule has 0 saturated heterocycles. The standard InChI is InChI=1S/C113H129ClO/c1-34-36-78-46-79(37-35-2)97-59-96(78)80-38-60(3)98(61(4)39-80)84-47-88(55-92(51-84)110(21,22)23)102-68(11)72(15)104(73(16)69(102)12)90-49-86(53-94(57-90)112(27,28)29)100-64(7)42-82(43-65(100)8)106-76(19)108(114)77(20)107(109(106)115-33)83-44-66(9)101(67(10)45-83)87-50-91(58-95(54-87)113(30,31)32)105-74(17)70(13)103(71(14)75(105)18)89-48-85(52-93(56-89)111(24,25)26)99-62(5)40-81(97)41-63(99)6/h38-59H,34-37H2,1-33H3. The van der Waals surface area contributed by atoms with Crippen LogP contribution in [-0.4, -0.2) is 7.11 Å². The molecule has 115 heavy (non-hydrogen) atoms. The van der Waals surface area contributed by atoms with E-state index in [-0.39, 0.29) is 21.7 Å². The maximum Gasteiger partial charge on any atom is 0.135 e. The van der Waals surface area contributed by atoms with Crippen LogP contribution >= 0.6 is 11.6 Å². The molecule has 0 aliphatic carbocycles. The molecule has 0 heterocycles. The van der Waals surface area contributed by atoms with Crippen molar-refractivity contribution in [1.82, 2.24) is 0 Å². The van der Waals surface area contributed by atoms with Crippen molar-refractivity contribution in [2.75, 3.05) is 7.11 Å². The van der Waals surface area contributed by atoms with E-state index in [4.69, 9.17) is 16.3 Å². The van der Waals surface area contributed by atoms with E-state index >= 15 is 0 Å². The Hall–Kier alpha value is -9.27. The zero-order valence-electron chi connectivity index (χ0n) is 76.3. The van der Waals surface area contributed by atoms with Crippen molar-refractivity contribution in [2.24, 2.45) is 0 Å². The maximum absolute atomic E-state index is 7.72. The summed E-state index contributed by atoms with van der Waals surface area (Å²) in [6.45, 7) is 75.0. The van der Waals surface area contributed by atoms with Gasteiger partial charge in [-0.1, -0.05) is 225 Å². The third kappa shape index (κ3) is 15.1. The monoisotopic (exact) mass is 1540 g/mol. The number of hydrogen-bond donors (Lipinski definition) is 0. The van der Waals surface area contributed by atoms with Crippen LogP contribution < -0.4 is 4.74 Å². The Bertz CT molecular complexity index is 6180. The third-order valence-corrected chi connectivity index (χ3v) is 27.1. The van der Waals surface area contributed by atoms with Gasteiger partial charge in [-0.15, -0.1) is 0 Å². The molecular weight excluding hydrogens is 1410 g/mol. The third-order valence-electron chi connectivity index (χ3n) is 26.5. The summed E-state index contributed by atoms with van der Waals surface area (Å²) in [6, 6.07) is 54.6. The van der Waals surface area contributed by atoms with E-state index in [0.29, 0.717) is 0 Å². The lowest BCUT2D eigenvalue weighted by Crippen LogP contribution is -2.11. The number of methoxy groups -OCH3 is 1. The van der Waals surface area contributed by atoms with Crippen LogP contribution in [0.15, 0.2) is 133 Å². The molecule has 0 fully saturated rings. The van der Waals surface area contributed by atoms with Gasteiger partial charge in [0.2, 0.25) is 0 Å². The zero-order chi connectivity index (χ0) is 84.0. The largest absolute Gasteiger partial charge is 0.495 e. The van der Waals surface area contributed by atoms with Gasteiger partial charge in [0.1, 0.15) is 5.75 Å². The number of rotatable bonds is 5. The second-order valence-corrected chi connectivity index (χ2v) is 39.5. The summed E-state index contributed by atoms with van der Waals surface area (Å²) in [5, 5.41) is 30.7. The molecule has 2 heteroatoms. The van der Waals surface area contributed by atoms with Gasteiger partial charge in [0.05, 0.1) is 7.11 Å². The highest BCUT2D eigenvalue weighted by Gasteiger charge is 2.25. The van der Waals surface area contributed by atoms with Crippen LogP contribution in [0.4, 0.5) is 0 Å². The van der Waals surface area contributed by atoms with Gasteiger partial charge >= 0.3 is 0 Å². The second kappa shape index (κ2) is 30.7. The number of aryl methyl sites for hydroxylation is 20. The number of hydrogen-bond acceptors (Lipinski definition) is 1. The fourth-order valence-electron chi connectivity index (χ4n) is 20.1. The van der Waals surface area contributed by atoms with E-state index < -0.39 is 0 Å². The number of benzene rings is 12. The molecule has 0 aliphatic rings. The van der Waals surface area contributed by atoms with Gasteiger partial charge in [0, 0.05) is 15.8 Å². The fourth-order valence-corrected chi connectivity index (χ4v) is 20.3. The Labute approximate surface area is 694 Å². The summed E-state index contributed by atoms with van der Waals surface area (Å²) >= 11 is 7.72. The molecule has 0 atom stereocenters. The van der Waals surface area contributed by atoms with Crippen LogP contribution in [0.25, 0.3) is 129 Å². The summed E-state index contributed by atoms with van der Waals surface area (Å²) in [6.07, 6.45) is 4.17. The highest BCUT2D eigenvalue weighted by molar-refractivity contribution is 6.34. The Kier molecular flexibility index (Phi) is 22.3. The Morgan fingerprint density at radius 2 is 0.417 bits per heavy atom. The van der Waals surface area contributed by atoms with Crippen LogP contribution in [-0.2, 0) is 34.5 Å². The molecule has 24 bridgehead atoms. The van der Waals surface area contributed by atoms with Crippen molar-refractivity contribution in [3.8, 4) is 5.75 Å². The number of halogens is 1. The zero-order valence-corrected chi connectivity index (χ0v) is 77.1. The molecule has 22 aromatic rings. The SMILES string of the molecule is CCCc1cc(CCC)c2cc1c1cc(C)c(c(C)c1)c1cc(C(C)(C)C)cc(c1)c1c(C)c(C)c(c(C)c1C)c1cc(C(C)(C)C)cc(c1)c1c(C)cc(cc1C)c1c(C)c(Cl)c(C)c(c1OC)c1cc(C)c(c(C)c1)c1cc(C(C)(C)C)cc(c1)c1c(C)c(C)c(c(C)c1C)c1cc(C(C)(C)C)cc(c1)c1c(C)cc2cc1C. The quantitative estimate of drug-likeness (QED) is 0.167. The Balaban J connectivity index is 1.21. The molecule has 0 radical (unpaired) electrons. The molecule has 0 aliphatic heterocycles.